The molecule has 4 nitrogen and oxygen atoms in total. The van der Waals surface area contributed by atoms with Gasteiger partial charge in [-0.3, -0.25) is 9.59 Å². The van der Waals surface area contributed by atoms with Crippen molar-refractivity contribution in [3.05, 3.63) is 29.8 Å². The molecule has 4 heteroatoms. The Morgan fingerprint density at radius 3 is 2.73 bits per heavy atom. The molecule has 2 heterocycles. The third-order valence-electron chi connectivity index (χ3n) is 5.78. The zero-order valence-electron chi connectivity index (χ0n) is 13.0. The van der Waals surface area contributed by atoms with Crippen LogP contribution in [0.5, 0.6) is 0 Å². The van der Waals surface area contributed by atoms with Gasteiger partial charge in [0.15, 0.2) is 0 Å². The Hall–Kier alpha value is -1.84. The number of rotatable bonds is 1. The van der Waals surface area contributed by atoms with Crippen LogP contribution in [0.15, 0.2) is 24.3 Å². The maximum absolute atomic E-state index is 12.9. The number of hydrogen-bond acceptors (Lipinski definition) is 2. The van der Waals surface area contributed by atoms with Crippen LogP contribution >= 0.6 is 0 Å². The highest BCUT2D eigenvalue weighted by Gasteiger charge is 2.54. The molecule has 0 N–H and O–H groups in total. The van der Waals surface area contributed by atoms with Gasteiger partial charge in [-0.2, -0.15) is 0 Å². The predicted molar refractivity (Wildman–Crippen MR) is 84.7 cm³/mol. The van der Waals surface area contributed by atoms with Crippen LogP contribution in [0.2, 0.25) is 0 Å². The van der Waals surface area contributed by atoms with Gasteiger partial charge < -0.3 is 9.80 Å². The Kier molecular flexibility index (Phi) is 3.03. The molecule has 4 rings (SSSR count). The lowest BCUT2D eigenvalue weighted by Gasteiger charge is -2.25. The van der Waals surface area contributed by atoms with Gasteiger partial charge in [-0.1, -0.05) is 31.0 Å². The summed E-state index contributed by atoms with van der Waals surface area (Å²) in [7, 11) is 1.84. The number of likely N-dealkylation sites (tertiary alicyclic amines) is 1. The molecule has 1 spiro atoms. The lowest BCUT2D eigenvalue weighted by Crippen LogP contribution is -2.43. The summed E-state index contributed by atoms with van der Waals surface area (Å²) in [6.45, 7) is 1.27. The first kappa shape index (κ1) is 13.8. The van der Waals surface area contributed by atoms with E-state index in [1.807, 2.05) is 30.1 Å². The third-order valence-corrected chi connectivity index (χ3v) is 5.78. The van der Waals surface area contributed by atoms with Crippen molar-refractivity contribution in [2.45, 2.75) is 37.5 Å². The molecule has 1 saturated heterocycles. The number of carbonyl (C=O) groups excluding carboxylic acids is 2. The fraction of sp³-hybridized carbons (Fsp3) is 0.556. The number of amides is 2. The van der Waals surface area contributed by atoms with Crippen molar-refractivity contribution < 1.29 is 9.59 Å². The number of benzene rings is 1. The van der Waals surface area contributed by atoms with Crippen molar-refractivity contribution in [1.29, 1.82) is 0 Å². The molecule has 0 radical (unpaired) electrons. The fourth-order valence-electron chi connectivity index (χ4n) is 4.54. The van der Waals surface area contributed by atoms with E-state index in [-0.39, 0.29) is 17.7 Å². The molecule has 2 aliphatic heterocycles. The maximum atomic E-state index is 12.9. The number of fused-ring (bicyclic) bond motifs is 2. The van der Waals surface area contributed by atoms with Gasteiger partial charge in [0.2, 0.25) is 11.8 Å². The van der Waals surface area contributed by atoms with E-state index < -0.39 is 5.41 Å². The molecule has 1 aromatic rings. The number of likely N-dealkylation sites (N-methyl/N-ethyl adjacent to an activating group) is 1. The van der Waals surface area contributed by atoms with Gasteiger partial charge in [-0.25, -0.2) is 0 Å². The predicted octanol–water partition coefficient (Wildman–Crippen LogP) is 2.32. The van der Waals surface area contributed by atoms with Crippen LogP contribution < -0.4 is 4.90 Å². The number of carbonyl (C=O) groups is 2. The molecule has 116 valence electrons. The normalized spacial score (nSPS) is 28.0. The zero-order valence-corrected chi connectivity index (χ0v) is 13.0. The smallest absolute Gasteiger partial charge is 0.239 e. The minimum Gasteiger partial charge on any atom is -0.341 e. The summed E-state index contributed by atoms with van der Waals surface area (Å²) in [5, 5.41) is 0. The molecule has 0 bridgehead atoms. The molecular formula is C18H22N2O2. The minimum absolute atomic E-state index is 0.149. The topological polar surface area (TPSA) is 40.6 Å². The van der Waals surface area contributed by atoms with Gasteiger partial charge in [0.1, 0.15) is 0 Å². The van der Waals surface area contributed by atoms with E-state index in [1.165, 1.54) is 12.8 Å². The molecule has 1 aromatic carbocycles. The van der Waals surface area contributed by atoms with Crippen molar-refractivity contribution in [2.24, 2.45) is 5.92 Å². The van der Waals surface area contributed by atoms with Gasteiger partial charge in [-0.05, 0) is 30.9 Å². The van der Waals surface area contributed by atoms with E-state index in [0.717, 1.165) is 30.5 Å². The highest BCUT2D eigenvalue weighted by molar-refractivity contribution is 6.08. The molecule has 0 unspecified atom stereocenters. The summed E-state index contributed by atoms with van der Waals surface area (Å²) in [5.74, 6) is 0.615. The minimum atomic E-state index is -0.500. The molecule has 1 atom stereocenters. The summed E-state index contributed by atoms with van der Waals surface area (Å²) < 4.78 is 0. The molecule has 2 amide bonds. The molecular weight excluding hydrogens is 276 g/mol. The van der Waals surface area contributed by atoms with Crippen molar-refractivity contribution >= 4 is 17.5 Å². The Morgan fingerprint density at radius 1 is 1.23 bits per heavy atom. The Balaban J connectivity index is 1.64. The van der Waals surface area contributed by atoms with Crippen LogP contribution in [0.4, 0.5) is 5.69 Å². The third kappa shape index (κ3) is 1.76. The Morgan fingerprint density at radius 2 is 1.95 bits per heavy atom. The molecule has 2 fully saturated rings. The van der Waals surface area contributed by atoms with Crippen LogP contribution in [0.25, 0.3) is 0 Å². The number of hydrogen-bond donors (Lipinski definition) is 0. The first-order valence-corrected chi connectivity index (χ1v) is 8.30. The van der Waals surface area contributed by atoms with Gasteiger partial charge in [0.25, 0.3) is 0 Å². The second-order valence-corrected chi connectivity index (χ2v) is 6.95. The van der Waals surface area contributed by atoms with Crippen LogP contribution in [0, 0.1) is 5.92 Å². The van der Waals surface area contributed by atoms with E-state index >= 15 is 0 Å². The van der Waals surface area contributed by atoms with E-state index in [1.54, 1.807) is 4.90 Å². The highest BCUT2D eigenvalue weighted by atomic mass is 16.2. The molecule has 1 aliphatic carbocycles. The van der Waals surface area contributed by atoms with Crippen LogP contribution in [0.3, 0.4) is 0 Å². The van der Waals surface area contributed by atoms with Crippen LogP contribution in [0.1, 0.15) is 37.7 Å². The number of para-hydroxylation sites is 1. The molecule has 1 saturated carbocycles. The number of nitrogens with zero attached hydrogens (tertiary/aromatic N) is 2. The Bertz CT molecular complexity index is 636. The summed E-state index contributed by atoms with van der Waals surface area (Å²) in [5.41, 5.74) is 1.60. The van der Waals surface area contributed by atoms with E-state index in [4.69, 9.17) is 0 Å². The van der Waals surface area contributed by atoms with E-state index in [9.17, 15) is 9.59 Å². The number of anilines is 1. The van der Waals surface area contributed by atoms with Gasteiger partial charge >= 0.3 is 0 Å². The van der Waals surface area contributed by atoms with Gasteiger partial charge in [0.05, 0.1) is 5.41 Å². The van der Waals surface area contributed by atoms with Crippen molar-refractivity contribution in [3.63, 3.8) is 0 Å². The summed E-state index contributed by atoms with van der Waals surface area (Å²) in [6.07, 6.45) is 5.13. The van der Waals surface area contributed by atoms with Crippen LogP contribution in [-0.2, 0) is 15.0 Å². The van der Waals surface area contributed by atoms with Crippen molar-refractivity contribution in [2.75, 3.05) is 25.0 Å². The largest absolute Gasteiger partial charge is 0.341 e. The standard InChI is InChI=1S/C18H22N2O2/c1-19-15-9-5-4-8-14(15)18(17(19)22)10-11-20(12-18)16(21)13-6-2-3-7-13/h4-5,8-9,13H,2-3,6-7,10-12H2,1H3/t18-/m1/s1. The lowest BCUT2D eigenvalue weighted by atomic mass is 9.81. The second kappa shape index (κ2) is 4.83. The molecule has 0 aromatic heterocycles. The fourth-order valence-corrected chi connectivity index (χ4v) is 4.54. The first-order chi connectivity index (χ1) is 10.6. The van der Waals surface area contributed by atoms with Crippen LogP contribution in [-0.4, -0.2) is 36.9 Å². The highest BCUT2D eigenvalue weighted by Crippen LogP contribution is 2.47. The second-order valence-electron chi connectivity index (χ2n) is 6.95. The van der Waals surface area contributed by atoms with Gasteiger partial charge in [-0.15, -0.1) is 0 Å². The van der Waals surface area contributed by atoms with Crippen molar-refractivity contribution in [1.82, 2.24) is 4.90 Å². The summed E-state index contributed by atoms with van der Waals surface area (Å²) >= 11 is 0. The first-order valence-electron chi connectivity index (χ1n) is 8.30. The molecule has 22 heavy (non-hydrogen) atoms. The summed E-state index contributed by atoms with van der Waals surface area (Å²) in [6, 6.07) is 8.02. The summed E-state index contributed by atoms with van der Waals surface area (Å²) in [4.78, 5) is 29.3. The Labute approximate surface area is 131 Å². The van der Waals surface area contributed by atoms with E-state index in [2.05, 4.69) is 6.07 Å². The van der Waals surface area contributed by atoms with Crippen molar-refractivity contribution in [3.8, 4) is 0 Å². The molecule has 3 aliphatic rings. The zero-order chi connectivity index (χ0) is 15.3. The average Bonchev–Trinajstić information content (AvgIpc) is 3.26. The monoisotopic (exact) mass is 298 g/mol. The SMILES string of the molecule is CN1C(=O)[C@@]2(CCN(C(=O)C3CCCC3)C2)c2ccccc21. The average molecular weight is 298 g/mol. The van der Waals surface area contributed by atoms with Gasteiger partial charge in [0, 0.05) is 31.7 Å². The maximum Gasteiger partial charge on any atom is 0.239 e. The lowest BCUT2D eigenvalue weighted by molar-refractivity contribution is -0.134. The quantitative estimate of drug-likeness (QED) is 0.798. The van der Waals surface area contributed by atoms with E-state index in [0.29, 0.717) is 13.1 Å².